The largest absolute Gasteiger partial charge is 0.382 e. The Hall–Kier alpha value is -1.85. The molecule has 0 spiro atoms. The predicted molar refractivity (Wildman–Crippen MR) is 75.9 cm³/mol. The Bertz CT molecular complexity index is 562. The highest BCUT2D eigenvalue weighted by molar-refractivity contribution is 6.35. The van der Waals surface area contributed by atoms with E-state index in [0.717, 1.165) is 11.1 Å². The van der Waals surface area contributed by atoms with Crippen molar-refractivity contribution in [3.63, 3.8) is 0 Å². The molecule has 0 radical (unpaired) electrons. The van der Waals surface area contributed by atoms with Gasteiger partial charge in [-0.15, -0.1) is 0 Å². The summed E-state index contributed by atoms with van der Waals surface area (Å²) >= 11 is 6.02. The Morgan fingerprint density at radius 3 is 2.74 bits per heavy atom. The zero-order valence-electron chi connectivity index (χ0n) is 10.6. The van der Waals surface area contributed by atoms with Gasteiger partial charge in [0.1, 0.15) is 17.2 Å². The number of aromatic nitrogens is 2. The Morgan fingerprint density at radius 1 is 1.26 bits per heavy atom. The van der Waals surface area contributed by atoms with Crippen molar-refractivity contribution in [3.8, 4) is 0 Å². The van der Waals surface area contributed by atoms with Crippen molar-refractivity contribution >= 4 is 23.2 Å². The van der Waals surface area contributed by atoms with Crippen molar-refractivity contribution in [2.24, 2.45) is 0 Å². The lowest BCUT2D eigenvalue weighted by molar-refractivity contribution is 0.184. The van der Waals surface area contributed by atoms with Crippen molar-refractivity contribution < 1.29 is 4.74 Å². The van der Waals surface area contributed by atoms with E-state index in [-0.39, 0.29) is 5.82 Å². The van der Waals surface area contributed by atoms with Crippen LogP contribution in [0.5, 0.6) is 0 Å². The number of nitrogen functional groups attached to an aromatic ring is 1. The van der Waals surface area contributed by atoms with E-state index in [1.807, 2.05) is 24.3 Å². The van der Waals surface area contributed by atoms with Crippen LogP contribution >= 0.6 is 11.6 Å². The first-order chi connectivity index (χ1) is 9.22. The number of nitrogens with two attached hydrogens (primary N) is 1. The third-order valence-corrected chi connectivity index (χ3v) is 3.05. The summed E-state index contributed by atoms with van der Waals surface area (Å²) in [5.41, 5.74) is 7.87. The van der Waals surface area contributed by atoms with Crippen molar-refractivity contribution in [1.82, 2.24) is 9.97 Å². The molecule has 0 bridgehead atoms. The second kappa shape index (κ2) is 6.36. The van der Waals surface area contributed by atoms with Crippen LogP contribution in [0.25, 0.3) is 0 Å². The van der Waals surface area contributed by atoms with E-state index in [4.69, 9.17) is 22.1 Å². The summed E-state index contributed by atoms with van der Waals surface area (Å²) in [5.74, 6) is 0.797. The van der Waals surface area contributed by atoms with Crippen LogP contribution in [-0.2, 0) is 17.9 Å². The van der Waals surface area contributed by atoms with Gasteiger partial charge in [-0.2, -0.15) is 0 Å². The van der Waals surface area contributed by atoms with E-state index in [2.05, 4.69) is 15.3 Å². The minimum Gasteiger partial charge on any atom is -0.382 e. The molecule has 0 amide bonds. The molecule has 19 heavy (non-hydrogen) atoms. The van der Waals surface area contributed by atoms with E-state index < -0.39 is 0 Å². The molecule has 0 saturated heterocycles. The van der Waals surface area contributed by atoms with E-state index in [1.54, 1.807) is 7.11 Å². The van der Waals surface area contributed by atoms with Crippen LogP contribution in [-0.4, -0.2) is 17.1 Å². The molecule has 5 nitrogen and oxygen atoms in total. The Balaban J connectivity index is 2.12. The second-order valence-corrected chi connectivity index (χ2v) is 4.35. The number of hydrogen-bond donors (Lipinski definition) is 2. The van der Waals surface area contributed by atoms with Crippen LogP contribution in [0.15, 0.2) is 30.6 Å². The van der Waals surface area contributed by atoms with Crippen LogP contribution in [0.2, 0.25) is 5.02 Å². The number of halogens is 1. The van der Waals surface area contributed by atoms with Gasteiger partial charge in [-0.3, -0.25) is 0 Å². The monoisotopic (exact) mass is 278 g/mol. The minimum atomic E-state index is 0.268. The molecule has 100 valence electrons. The summed E-state index contributed by atoms with van der Waals surface area (Å²) in [6, 6.07) is 8.01. The predicted octanol–water partition coefficient (Wildman–Crippen LogP) is 2.47. The van der Waals surface area contributed by atoms with Gasteiger partial charge in [0.25, 0.3) is 0 Å². The SMILES string of the molecule is COCc1ccccc1CNc1ncnc(N)c1Cl. The summed E-state index contributed by atoms with van der Waals surface area (Å²) in [6.45, 7) is 1.16. The molecule has 0 aliphatic rings. The molecule has 0 fully saturated rings. The van der Waals surface area contributed by atoms with Gasteiger partial charge in [-0.25, -0.2) is 9.97 Å². The topological polar surface area (TPSA) is 73.1 Å². The average molecular weight is 279 g/mol. The van der Waals surface area contributed by atoms with Crippen molar-refractivity contribution in [2.45, 2.75) is 13.2 Å². The molecule has 0 aliphatic carbocycles. The van der Waals surface area contributed by atoms with Crippen LogP contribution in [0.1, 0.15) is 11.1 Å². The first kappa shape index (κ1) is 13.6. The summed E-state index contributed by atoms with van der Waals surface area (Å²) in [6.07, 6.45) is 1.38. The fourth-order valence-corrected chi connectivity index (χ4v) is 1.88. The van der Waals surface area contributed by atoms with Gasteiger partial charge in [-0.1, -0.05) is 35.9 Å². The fraction of sp³-hybridized carbons (Fsp3) is 0.231. The summed E-state index contributed by atoms with van der Waals surface area (Å²) in [4.78, 5) is 7.88. The van der Waals surface area contributed by atoms with Crippen molar-refractivity contribution in [3.05, 3.63) is 46.7 Å². The standard InChI is InChI=1S/C13H15ClN4O/c1-19-7-10-5-3-2-4-9(10)6-16-13-11(14)12(15)17-8-18-13/h2-5,8H,6-7H2,1H3,(H3,15,16,17,18). The van der Waals surface area contributed by atoms with Crippen LogP contribution < -0.4 is 11.1 Å². The Labute approximate surface area is 116 Å². The van der Waals surface area contributed by atoms with E-state index in [9.17, 15) is 0 Å². The molecule has 6 heteroatoms. The first-order valence-corrected chi connectivity index (χ1v) is 6.15. The normalized spacial score (nSPS) is 10.4. The molecule has 2 aromatic rings. The van der Waals surface area contributed by atoms with Gasteiger partial charge < -0.3 is 15.8 Å². The fourth-order valence-electron chi connectivity index (χ4n) is 1.71. The third-order valence-electron chi connectivity index (χ3n) is 2.68. The third kappa shape index (κ3) is 3.33. The van der Waals surface area contributed by atoms with Gasteiger partial charge in [0.05, 0.1) is 6.61 Å². The van der Waals surface area contributed by atoms with Gasteiger partial charge in [0.2, 0.25) is 0 Å². The summed E-state index contributed by atoms with van der Waals surface area (Å²) in [5, 5.41) is 3.49. The molecule has 1 aromatic carbocycles. The highest BCUT2D eigenvalue weighted by atomic mass is 35.5. The molecular weight excluding hydrogens is 264 g/mol. The highest BCUT2D eigenvalue weighted by Gasteiger charge is 2.07. The number of benzene rings is 1. The number of nitrogens with zero attached hydrogens (tertiary/aromatic N) is 2. The van der Waals surface area contributed by atoms with Crippen molar-refractivity contribution in [2.75, 3.05) is 18.2 Å². The Kier molecular flexibility index (Phi) is 4.54. The van der Waals surface area contributed by atoms with Crippen molar-refractivity contribution in [1.29, 1.82) is 0 Å². The number of rotatable bonds is 5. The molecule has 0 saturated carbocycles. The van der Waals surface area contributed by atoms with Gasteiger partial charge in [-0.05, 0) is 11.1 Å². The number of ether oxygens (including phenoxy) is 1. The van der Waals surface area contributed by atoms with Crippen LogP contribution in [0.4, 0.5) is 11.6 Å². The van der Waals surface area contributed by atoms with E-state index >= 15 is 0 Å². The zero-order valence-corrected chi connectivity index (χ0v) is 11.3. The molecule has 0 aliphatic heterocycles. The average Bonchev–Trinajstić information content (AvgIpc) is 2.42. The van der Waals surface area contributed by atoms with Gasteiger partial charge in [0, 0.05) is 13.7 Å². The summed E-state index contributed by atoms with van der Waals surface area (Å²) < 4.78 is 5.16. The summed E-state index contributed by atoms with van der Waals surface area (Å²) in [7, 11) is 1.67. The molecule has 1 heterocycles. The van der Waals surface area contributed by atoms with Gasteiger partial charge >= 0.3 is 0 Å². The Morgan fingerprint density at radius 2 is 2.00 bits per heavy atom. The lowest BCUT2D eigenvalue weighted by atomic mass is 10.1. The molecule has 3 N–H and O–H groups in total. The lowest BCUT2D eigenvalue weighted by Crippen LogP contribution is -2.06. The maximum absolute atomic E-state index is 6.02. The number of methoxy groups -OCH3 is 1. The van der Waals surface area contributed by atoms with Gasteiger partial charge in [0.15, 0.2) is 5.82 Å². The smallest absolute Gasteiger partial charge is 0.150 e. The number of hydrogen-bond acceptors (Lipinski definition) is 5. The number of nitrogens with one attached hydrogen (secondary N) is 1. The maximum Gasteiger partial charge on any atom is 0.150 e. The second-order valence-electron chi connectivity index (χ2n) is 3.98. The lowest BCUT2D eigenvalue weighted by Gasteiger charge is -2.11. The van der Waals surface area contributed by atoms with E-state index in [1.165, 1.54) is 6.33 Å². The quantitative estimate of drug-likeness (QED) is 0.879. The molecule has 1 aromatic heterocycles. The van der Waals surface area contributed by atoms with Crippen LogP contribution in [0.3, 0.4) is 0 Å². The maximum atomic E-state index is 6.02. The number of anilines is 2. The molecule has 0 atom stereocenters. The molecule has 0 unspecified atom stereocenters. The first-order valence-electron chi connectivity index (χ1n) is 5.78. The minimum absolute atomic E-state index is 0.268. The highest BCUT2D eigenvalue weighted by Crippen LogP contribution is 2.24. The zero-order chi connectivity index (χ0) is 13.7. The van der Waals surface area contributed by atoms with Crippen LogP contribution in [0, 0.1) is 0 Å². The van der Waals surface area contributed by atoms with E-state index in [0.29, 0.717) is 24.0 Å². The molecular formula is C13H15ClN4O. The molecule has 2 rings (SSSR count).